The average molecular weight is 291 g/mol. The minimum Gasteiger partial charge on any atom is -0.366 e. The quantitative estimate of drug-likeness (QED) is 0.777. The Hall–Kier alpha value is -1.39. The van der Waals surface area contributed by atoms with E-state index >= 15 is 0 Å². The van der Waals surface area contributed by atoms with Gasteiger partial charge in [-0.15, -0.1) is 5.10 Å². The number of rotatable bonds is 7. The van der Waals surface area contributed by atoms with E-state index in [1.54, 1.807) is 6.20 Å². The summed E-state index contributed by atoms with van der Waals surface area (Å²) < 4.78 is 0. The van der Waals surface area contributed by atoms with E-state index in [2.05, 4.69) is 39.2 Å². The molecule has 0 saturated heterocycles. The van der Waals surface area contributed by atoms with Crippen molar-refractivity contribution in [3.63, 3.8) is 0 Å². The summed E-state index contributed by atoms with van der Waals surface area (Å²) in [5.74, 6) is 1.64. The first-order valence-corrected chi connectivity index (χ1v) is 8.54. The Balaban J connectivity index is 2.01. The summed E-state index contributed by atoms with van der Waals surface area (Å²) in [7, 11) is 0. The molecule has 0 spiro atoms. The molecule has 1 aromatic heterocycles. The van der Waals surface area contributed by atoms with E-state index in [0.717, 1.165) is 37.7 Å². The van der Waals surface area contributed by atoms with Crippen molar-refractivity contribution in [2.24, 2.45) is 0 Å². The van der Waals surface area contributed by atoms with Crippen LogP contribution in [-0.2, 0) is 0 Å². The van der Waals surface area contributed by atoms with Gasteiger partial charge in [0.05, 0.1) is 6.20 Å². The van der Waals surface area contributed by atoms with Gasteiger partial charge in [0.15, 0.2) is 5.82 Å². The molecule has 1 heterocycles. The maximum Gasteiger partial charge on any atom is 0.247 e. The van der Waals surface area contributed by atoms with Crippen LogP contribution in [-0.4, -0.2) is 34.3 Å². The van der Waals surface area contributed by atoms with Crippen molar-refractivity contribution >= 4 is 11.8 Å². The molecule has 0 amide bonds. The Morgan fingerprint density at radius 2 is 1.76 bits per heavy atom. The minimum atomic E-state index is 0.544. The van der Waals surface area contributed by atoms with E-state index < -0.39 is 0 Å². The van der Waals surface area contributed by atoms with Gasteiger partial charge in [0.2, 0.25) is 5.95 Å². The SMILES string of the molecule is CCCN(CCC)c1nncc(NC2CCCCCC2)n1. The minimum absolute atomic E-state index is 0.544. The highest BCUT2D eigenvalue weighted by Crippen LogP contribution is 2.20. The summed E-state index contributed by atoms with van der Waals surface area (Å²) in [6, 6.07) is 0.544. The second-order valence-electron chi connectivity index (χ2n) is 5.96. The largest absolute Gasteiger partial charge is 0.366 e. The molecule has 0 bridgehead atoms. The maximum absolute atomic E-state index is 4.68. The number of hydrogen-bond acceptors (Lipinski definition) is 5. The van der Waals surface area contributed by atoms with E-state index in [1.165, 1.54) is 38.5 Å². The van der Waals surface area contributed by atoms with Gasteiger partial charge in [-0.25, -0.2) is 0 Å². The fraction of sp³-hybridized carbons (Fsp3) is 0.812. The van der Waals surface area contributed by atoms with Gasteiger partial charge in [-0.05, 0) is 25.7 Å². The average Bonchev–Trinajstić information content (AvgIpc) is 2.76. The molecule has 1 aliphatic carbocycles. The predicted octanol–water partition coefficient (Wildman–Crippen LogP) is 3.63. The molecule has 2 rings (SSSR count). The molecule has 1 fully saturated rings. The molecular formula is C16H29N5. The van der Waals surface area contributed by atoms with Crippen LogP contribution in [0.5, 0.6) is 0 Å². The van der Waals surface area contributed by atoms with Gasteiger partial charge < -0.3 is 10.2 Å². The van der Waals surface area contributed by atoms with Gasteiger partial charge in [0.1, 0.15) is 0 Å². The molecule has 21 heavy (non-hydrogen) atoms. The zero-order valence-corrected chi connectivity index (χ0v) is 13.5. The van der Waals surface area contributed by atoms with Crippen molar-refractivity contribution in [2.75, 3.05) is 23.3 Å². The number of nitrogens with one attached hydrogen (secondary N) is 1. The Bertz CT molecular complexity index is 395. The van der Waals surface area contributed by atoms with Crippen LogP contribution in [0, 0.1) is 0 Å². The van der Waals surface area contributed by atoms with Crippen LogP contribution >= 0.6 is 0 Å². The van der Waals surface area contributed by atoms with Crippen molar-refractivity contribution in [3.8, 4) is 0 Å². The molecule has 1 aromatic rings. The maximum atomic E-state index is 4.68. The number of aromatic nitrogens is 3. The normalized spacial score (nSPS) is 16.5. The van der Waals surface area contributed by atoms with Gasteiger partial charge in [0, 0.05) is 19.1 Å². The summed E-state index contributed by atoms with van der Waals surface area (Å²) in [4.78, 5) is 6.90. The summed E-state index contributed by atoms with van der Waals surface area (Å²) >= 11 is 0. The third kappa shape index (κ3) is 5.14. The number of anilines is 2. The van der Waals surface area contributed by atoms with Crippen LogP contribution in [0.4, 0.5) is 11.8 Å². The smallest absolute Gasteiger partial charge is 0.247 e. The van der Waals surface area contributed by atoms with E-state index in [9.17, 15) is 0 Å². The molecule has 0 radical (unpaired) electrons. The summed E-state index contributed by atoms with van der Waals surface area (Å²) in [5.41, 5.74) is 0. The summed E-state index contributed by atoms with van der Waals surface area (Å²) in [6.45, 7) is 6.35. The standard InChI is InChI=1S/C16H29N5/c1-3-11-21(12-4-2)16-19-15(13-17-20-16)18-14-9-7-5-6-8-10-14/h13-14H,3-12H2,1-2H3,(H,18,19,20). The van der Waals surface area contributed by atoms with Crippen LogP contribution in [0.15, 0.2) is 6.20 Å². The lowest BCUT2D eigenvalue weighted by molar-refractivity contribution is 0.615. The fourth-order valence-corrected chi connectivity index (χ4v) is 2.98. The van der Waals surface area contributed by atoms with Gasteiger partial charge in [-0.3, -0.25) is 0 Å². The second-order valence-corrected chi connectivity index (χ2v) is 5.96. The predicted molar refractivity (Wildman–Crippen MR) is 87.7 cm³/mol. The molecule has 5 nitrogen and oxygen atoms in total. The van der Waals surface area contributed by atoms with Crippen molar-refractivity contribution in [2.45, 2.75) is 71.3 Å². The molecular weight excluding hydrogens is 262 g/mol. The van der Waals surface area contributed by atoms with Crippen molar-refractivity contribution in [1.82, 2.24) is 15.2 Å². The van der Waals surface area contributed by atoms with Gasteiger partial charge in [0.25, 0.3) is 0 Å². The molecule has 1 aliphatic rings. The van der Waals surface area contributed by atoms with Gasteiger partial charge >= 0.3 is 0 Å². The van der Waals surface area contributed by atoms with Gasteiger partial charge in [-0.2, -0.15) is 10.1 Å². The number of hydrogen-bond donors (Lipinski definition) is 1. The van der Waals surface area contributed by atoms with Gasteiger partial charge in [-0.1, -0.05) is 39.5 Å². The fourth-order valence-electron chi connectivity index (χ4n) is 2.98. The van der Waals surface area contributed by atoms with E-state index in [0.29, 0.717) is 6.04 Å². The van der Waals surface area contributed by atoms with Crippen LogP contribution < -0.4 is 10.2 Å². The van der Waals surface area contributed by atoms with E-state index in [1.807, 2.05) is 0 Å². The first-order chi connectivity index (χ1) is 10.3. The highest BCUT2D eigenvalue weighted by Gasteiger charge is 2.14. The molecule has 5 heteroatoms. The van der Waals surface area contributed by atoms with Crippen LogP contribution in [0.2, 0.25) is 0 Å². The van der Waals surface area contributed by atoms with Crippen LogP contribution in [0.1, 0.15) is 65.2 Å². The lowest BCUT2D eigenvalue weighted by atomic mass is 10.1. The summed E-state index contributed by atoms with van der Waals surface area (Å²) in [5, 5.41) is 11.9. The topological polar surface area (TPSA) is 53.9 Å². The highest BCUT2D eigenvalue weighted by atomic mass is 15.3. The monoisotopic (exact) mass is 291 g/mol. The zero-order valence-electron chi connectivity index (χ0n) is 13.5. The second kappa shape index (κ2) is 8.80. The van der Waals surface area contributed by atoms with Crippen LogP contribution in [0.3, 0.4) is 0 Å². The van der Waals surface area contributed by atoms with Crippen molar-refractivity contribution in [3.05, 3.63) is 6.20 Å². The Kier molecular flexibility index (Phi) is 6.70. The number of nitrogens with zero attached hydrogens (tertiary/aromatic N) is 4. The molecule has 0 atom stereocenters. The molecule has 0 aromatic carbocycles. The zero-order chi connectivity index (χ0) is 14.9. The Morgan fingerprint density at radius 3 is 2.38 bits per heavy atom. The third-order valence-electron chi connectivity index (χ3n) is 4.02. The molecule has 1 saturated carbocycles. The molecule has 0 aliphatic heterocycles. The Morgan fingerprint density at radius 1 is 1.10 bits per heavy atom. The van der Waals surface area contributed by atoms with Crippen molar-refractivity contribution < 1.29 is 0 Å². The lowest BCUT2D eigenvalue weighted by Gasteiger charge is -2.22. The first-order valence-electron chi connectivity index (χ1n) is 8.54. The Labute approximate surface area is 128 Å². The van der Waals surface area contributed by atoms with Crippen LogP contribution in [0.25, 0.3) is 0 Å². The lowest BCUT2D eigenvalue weighted by Crippen LogP contribution is -2.28. The van der Waals surface area contributed by atoms with E-state index in [-0.39, 0.29) is 0 Å². The van der Waals surface area contributed by atoms with Crippen molar-refractivity contribution in [1.29, 1.82) is 0 Å². The summed E-state index contributed by atoms with van der Waals surface area (Å²) in [6.07, 6.45) is 11.8. The molecule has 118 valence electrons. The molecule has 0 unspecified atom stereocenters. The first kappa shape index (κ1) is 16.0. The third-order valence-corrected chi connectivity index (χ3v) is 4.02. The highest BCUT2D eigenvalue weighted by molar-refractivity contribution is 5.39. The molecule has 1 N–H and O–H groups in total. The van der Waals surface area contributed by atoms with E-state index in [4.69, 9.17) is 0 Å².